The van der Waals surface area contributed by atoms with Crippen LogP contribution in [0.5, 0.6) is 0 Å². The van der Waals surface area contributed by atoms with Crippen LogP contribution < -0.4 is 5.32 Å². The lowest BCUT2D eigenvalue weighted by Crippen LogP contribution is -2.44. The van der Waals surface area contributed by atoms with Crippen molar-refractivity contribution in [2.75, 3.05) is 6.54 Å². The van der Waals surface area contributed by atoms with Crippen molar-refractivity contribution in [3.8, 4) is 0 Å². The quantitative estimate of drug-likeness (QED) is 0.785. The fourth-order valence-corrected chi connectivity index (χ4v) is 3.88. The van der Waals surface area contributed by atoms with E-state index in [-0.39, 0.29) is 0 Å². The van der Waals surface area contributed by atoms with Crippen LogP contribution in [0.1, 0.15) is 64.4 Å². The molecule has 1 saturated carbocycles. The number of rotatable bonds is 8. The van der Waals surface area contributed by atoms with Crippen molar-refractivity contribution >= 4 is 0 Å². The summed E-state index contributed by atoms with van der Waals surface area (Å²) >= 11 is 0. The molecule has 1 N–H and O–H groups in total. The van der Waals surface area contributed by atoms with E-state index in [1.165, 1.54) is 50.5 Å². The summed E-state index contributed by atoms with van der Waals surface area (Å²) in [5.41, 5.74) is 1.93. The molecule has 0 aromatic carbocycles. The van der Waals surface area contributed by atoms with Crippen molar-refractivity contribution in [1.29, 1.82) is 0 Å². The molecule has 114 valence electrons. The number of hydrogen-bond donors (Lipinski definition) is 1. The Labute approximate surface area is 124 Å². The molecule has 1 aliphatic rings. The minimum Gasteiger partial charge on any atom is -0.313 e. The topological polar surface area (TPSA) is 29.9 Å². The number of aromatic nitrogens is 2. The molecular formula is C17H31N3. The molecule has 0 spiro atoms. The second kappa shape index (κ2) is 7.26. The fourth-order valence-electron chi connectivity index (χ4n) is 3.88. The summed E-state index contributed by atoms with van der Waals surface area (Å²) in [6.45, 7) is 5.80. The van der Waals surface area contributed by atoms with Crippen molar-refractivity contribution < 1.29 is 0 Å². The summed E-state index contributed by atoms with van der Waals surface area (Å²) in [5.74, 6) is 0. The third-order valence-corrected chi connectivity index (χ3v) is 5.16. The molecule has 1 unspecified atom stereocenters. The van der Waals surface area contributed by atoms with Gasteiger partial charge in [0.2, 0.25) is 0 Å². The molecule has 3 nitrogen and oxygen atoms in total. The molecule has 3 heteroatoms. The highest BCUT2D eigenvalue weighted by molar-refractivity contribution is 5.05. The summed E-state index contributed by atoms with van der Waals surface area (Å²) in [4.78, 5) is 0. The van der Waals surface area contributed by atoms with Gasteiger partial charge < -0.3 is 5.32 Å². The average molecular weight is 277 g/mol. The Bertz CT molecular complexity index is 391. The first-order chi connectivity index (χ1) is 9.70. The van der Waals surface area contributed by atoms with Gasteiger partial charge in [-0.25, -0.2) is 0 Å². The first-order valence-electron chi connectivity index (χ1n) is 8.41. The van der Waals surface area contributed by atoms with Crippen LogP contribution in [0.25, 0.3) is 0 Å². The van der Waals surface area contributed by atoms with Gasteiger partial charge in [-0.1, -0.05) is 26.7 Å². The summed E-state index contributed by atoms with van der Waals surface area (Å²) in [6, 6.07) is 0.676. The molecule has 2 rings (SSSR count). The molecule has 20 heavy (non-hydrogen) atoms. The SMILES string of the molecule is CCCNC(CCc1cnn(C)c1)C1(CC)CCCC1. The van der Waals surface area contributed by atoms with Crippen molar-refractivity contribution in [1.82, 2.24) is 15.1 Å². The highest BCUT2D eigenvalue weighted by Gasteiger charge is 2.38. The van der Waals surface area contributed by atoms with E-state index >= 15 is 0 Å². The van der Waals surface area contributed by atoms with Crippen LogP contribution in [0.2, 0.25) is 0 Å². The summed E-state index contributed by atoms with van der Waals surface area (Å²) in [7, 11) is 2.00. The molecule has 1 aromatic rings. The Hall–Kier alpha value is -0.830. The Morgan fingerprint density at radius 3 is 2.65 bits per heavy atom. The Balaban J connectivity index is 1.99. The summed E-state index contributed by atoms with van der Waals surface area (Å²) < 4.78 is 1.91. The van der Waals surface area contributed by atoms with Gasteiger partial charge in [-0.05, 0) is 56.0 Å². The lowest BCUT2D eigenvalue weighted by Gasteiger charge is -2.38. The minimum absolute atomic E-state index is 0.553. The van der Waals surface area contributed by atoms with Gasteiger partial charge in [0.15, 0.2) is 0 Å². The summed E-state index contributed by atoms with van der Waals surface area (Å²) in [5, 5.41) is 8.14. The molecule has 1 atom stereocenters. The van der Waals surface area contributed by atoms with Crippen LogP contribution in [-0.2, 0) is 13.5 Å². The van der Waals surface area contributed by atoms with Crippen molar-refractivity contribution in [2.45, 2.75) is 71.3 Å². The lowest BCUT2D eigenvalue weighted by molar-refractivity contribution is 0.177. The predicted molar refractivity (Wildman–Crippen MR) is 84.8 cm³/mol. The maximum absolute atomic E-state index is 4.29. The van der Waals surface area contributed by atoms with Crippen LogP contribution in [0.4, 0.5) is 0 Å². The van der Waals surface area contributed by atoms with Gasteiger partial charge in [0.1, 0.15) is 0 Å². The van der Waals surface area contributed by atoms with Gasteiger partial charge >= 0.3 is 0 Å². The third kappa shape index (κ3) is 3.63. The van der Waals surface area contributed by atoms with Crippen molar-refractivity contribution in [2.24, 2.45) is 12.5 Å². The Kier molecular flexibility index (Phi) is 5.64. The molecule has 0 bridgehead atoms. The van der Waals surface area contributed by atoms with Crippen molar-refractivity contribution in [3.05, 3.63) is 18.0 Å². The average Bonchev–Trinajstić information content (AvgIpc) is 3.09. The van der Waals surface area contributed by atoms with Crippen LogP contribution in [-0.4, -0.2) is 22.4 Å². The molecule has 0 saturated heterocycles. The normalized spacial score (nSPS) is 19.4. The van der Waals surface area contributed by atoms with Gasteiger partial charge in [0.05, 0.1) is 6.20 Å². The predicted octanol–water partition coefficient (Wildman–Crippen LogP) is 3.69. The zero-order valence-corrected chi connectivity index (χ0v) is 13.5. The van der Waals surface area contributed by atoms with E-state index in [1.807, 2.05) is 17.9 Å². The summed E-state index contributed by atoms with van der Waals surface area (Å²) in [6.07, 6.45) is 14.8. The Morgan fingerprint density at radius 2 is 2.10 bits per heavy atom. The zero-order valence-electron chi connectivity index (χ0n) is 13.5. The molecule has 1 aromatic heterocycles. The molecule has 1 fully saturated rings. The molecule has 0 radical (unpaired) electrons. The minimum atomic E-state index is 0.553. The number of nitrogens with zero attached hydrogens (tertiary/aromatic N) is 2. The molecule has 0 aliphatic heterocycles. The number of nitrogens with one attached hydrogen (secondary N) is 1. The van der Waals surface area contributed by atoms with Gasteiger partial charge in [-0.15, -0.1) is 0 Å². The van der Waals surface area contributed by atoms with Crippen molar-refractivity contribution in [3.63, 3.8) is 0 Å². The van der Waals surface area contributed by atoms with Gasteiger partial charge in [0, 0.05) is 19.3 Å². The molecular weight excluding hydrogens is 246 g/mol. The molecule has 1 aliphatic carbocycles. The largest absolute Gasteiger partial charge is 0.313 e. The second-order valence-corrected chi connectivity index (χ2v) is 6.49. The number of aryl methyl sites for hydroxylation is 2. The van der Waals surface area contributed by atoms with Crippen LogP contribution in [0, 0.1) is 5.41 Å². The maximum atomic E-state index is 4.29. The number of hydrogen-bond acceptors (Lipinski definition) is 2. The smallest absolute Gasteiger partial charge is 0.0521 e. The Morgan fingerprint density at radius 1 is 1.35 bits per heavy atom. The maximum Gasteiger partial charge on any atom is 0.0521 e. The second-order valence-electron chi connectivity index (χ2n) is 6.49. The third-order valence-electron chi connectivity index (χ3n) is 5.16. The fraction of sp³-hybridized carbons (Fsp3) is 0.824. The van der Waals surface area contributed by atoms with E-state index in [1.54, 1.807) is 0 Å². The monoisotopic (exact) mass is 277 g/mol. The highest BCUT2D eigenvalue weighted by atomic mass is 15.2. The molecule has 1 heterocycles. The van der Waals surface area contributed by atoms with Crippen LogP contribution in [0.15, 0.2) is 12.4 Å². The van der Waals surface area contributed by atoms with Crippen LogP contribution in [0.3, 0.4) is 0 Å². The van der Waals surface area contributed by atoms with Gasteiger partial charge in [-0.2, -0.15) is 5.10 Å². The molecule has 0 amide bonds. The van der Waals surface area contributed by atoms with E-state index in [2.05, 4.69) is 30.5 Å². The first kappa shape index (κ1) is 15.6. The van der Waals surface area contributed by atoms with E-state index in [0.29, 0.717) is 11.5 Å². The van der Waals surface area contributed by atoms with Gasteiger partial charge in [0.25, 0.3) is 0 Å². The van der Waals surface area contributed by atoms with E-state index in [4.69, 9.17) is 0 Å². The van der Waals surface area contributed by atoms with E-state index < -0.39 is 0 Å². The van der Waals surface area contributed by atoms with E-state index in [0.717, 1.165) is 13.0 Å². The van der Waals surface area contributed by atoms with Gasteiger partial charge in [-0.3, -0.25) is 4.68 Å². The highest BCUT2D eigenvalue weighted by Crippen LogP contribution is 2.45. The standard InChI is InChI=1S/C17H31N3/c1-4-12-18-16(17(5-2)10-6-7-11-17)9-8-15-13-19-20(3)14-15/h13-14,16,18H,4-12H2,1-3H3. The lowest BCUT2D eigenvalue weighted by atomic mass is 9.74. The first-order valence-corrected chi connectivity index (χ1v) is 8.41. The zero-order chi connectivity index (χ0) is 14.4. The van der Waals surface area contributed by atoms with Crippen LogP contribution >= 0.6 is 0 Å². The van der Waals surface area contributed by atoms with E-state index in [9.17, 15) is 0 Å².